The van der Waals surface area contributed by atoms with Crippen LogP contribution in [0.25, 0.3) is 33.2 Å². The van der Waals surface area contributed by atoms with E-state index in [1.807, 2.05) is 48.5 Å². The van der Waals surface area contributed by atoms with E-state index in [0.29, 0.717) is 18.2 Å². The molecule has 0 radical (unpaired) electrons. The first-order valence-electron chi connectivity index (χ1n) is 12.2. The minimum atomic E-state index is -4.41. The van der Waals surface area contributed by atoms with Gasteiger partial charge in [-0.2, -0.15) is 5.10 Å². The average molecular weight is 589 g/mol. The van der Waals surface area contributed by atoms with Gasteiger partial charge in [0.1, 0.15) is 29.2 Å². The van der Waals surface area contributed by atoms with Gasteiger partial charge in [-0.05, 0) is 58.7 Å². The third kappa shape index (κ3) is 5.49. The number of sulfonamides is 1. The van der Waals surface area contributed by atoms with Crippen molar-refractivity contribution in [3.05, 3.63) is 120 Å². The minimum Gasteiger partial charge on any atom is -0.276 e. The molecule has 0 aliphatic carbocycles. The fourth-order valence-electron chi connectivity index (χ4n) is 4.44. The second-order valence-electron chi connectivity index (χ2n) is 9.12. The number of hydrogen-bond donors (Lipinski definition) is 1. The third-order valence-corrected chi connectivity index (χ3v) is 8.12. The van der Waals surface area contributed by atoms with E-state index in [1.165, 1.54) is 18.6 Å². The summed E-state index contributed by atoms with van der Waals surface area (Å²) in [6.45, 7) is 0.602. The van der Waals surface area contributed by atoms with Gasteiger partial charge >= 0.3 is 0 Å². The Labute approximate surface area is 238 Å². The van der Waals surface area contributed by atoms with Crippen molar-refractivity contribution in [3.8, 4) is 22.3 Å². The van der Waals surface area contributed by atoms with Crippen molar-refractivity contribution in [2.24, 2.45) is 0 Å². The zero-order chi connectivity index (χ0) is 28.6. The molecule has 12 heteroatoms. The molecule has 0 saturated heterocycles. The predicted octanol–water partition coefficient (Wildman–Crippen LogP) is 6.34. The highest BCUT2D eigenvalue weighted by atomic mass is 35.5. The zero-order valence-corrected chi connectivity index (χ0v) is 22.6. The van der Waals surface area contributed by atoms with E-state index in [4.69, 9.17) is 11.6 Å². The van der Waals surface area contributed by atoms with Crippen LogP contribution < -0.4 is 4.72 Å². The number of aromatic nitrogens is 5. The number of nitrogens with zero attached hydrogens (tertiary/aromatic N) is 5. The van der Waals surface area contributed by atoms with Gasteiger partial charge in [-0.15, -0.1) is 0 Å². The summed E-state index contributed by atoms with van der Waals surface area (Å²) < 4.78 is 57.2. The van der Waals surface area contributed by atoms with E-state index in [-0.39, 0.29) is 10.8 Å². The molecule has 3 heterocycles. The Hall–Kier alpha value is -4.74. The topological polar surface area (TPSA) is 103 Å². The second kappa shape index (κ2) is 10.7. The largest absolute Gasteiger partial charge is 0.276 e. The van der Waals surface area contributed by atoms with Crippen LogP contribution in [0.15, 0.2) is 103 Å². The molecule has 0 spiro atoms. The van der Waals surface area contributed by atoms with Gasteiger partial charge in [-0.25, -0.2) is 31.8 Å². The third-order valence-electron chi connectivity index (χ3n) is 6.42. The molecular weight excluding hydrogens is 570 g/mol. The summed E-state index contributed by atoms with van der Waals surface area (Å²) in [5.41, 5.74) is 5.02. The molecule has 3 aromatic carbocycles. The van der Waals surface area contributed by atoms with E-state index in [9.17, 15) is 17.2 Å². The average Bonchev–Trinajstić information content (AvgIpc) is 3.47. The maximum absolute atomic E-state index is 14.2. The van der Waals surface area contributed by atoms with Crippen molar-refractivity contribution in [2.75, 3.05) is 4.72 Å². The Bertz CT molecular complexity index is 2000. The molecular formula is C29H19ClF2N6O2S. The van der Waals surface area contributed by atoms with Crippen molar-refractivity contribution in [2.45, 2.75) is 11.4 Å². The zero-order valence-electron chi connectivity index (χ0n) is 21.0. The molecule has 0 aliphatic rings. The van der Waals surface area contributed by atoms with Crippen molar-refractivity contribution in [1.29, 1.82) is 0 Å². The molecule has 0 unspecified atom stereocenters. The van der Waals surface area contributed by atoms with Crippen LogP contribution in [0.5, 0.6) is 0 Å². The van der Waals surface area contributed by atoms with Crippen LogP contribution in [0, 0.1) is 11.6 Å². The lowest BCUT2D eigenvalue weighted by atomic mass is 9.97. The maximum atomic E-state index is 14.2. The first kappa shape index (κ1) is 26.5. The highest BCUT2D eigenvalue weighted by Gasteiger charge is 2.21. The molecule has 0 saturated carbocycles. The van der Waals surface area contributed by atoms with E-state index in [0.717, 1.165) is 45.3 Å². The van der Waals surface area contributed by atoms with E-state index >= 15 is 0 Å². The lowest BCUT2D eigenvalue weighted by molar-refractivity contribution is 0.551. The maximum Gasteiger partial charge on any atom is 0.264 e. The summed E-state index contributed by atoms with van der Waals surface area (Å²) in [6.07, 6.45) is 6.41. The Morgan fingerprint density at radius 2 is 1.68 bits per heavy atom. The fourth-order valence-corrected chi connectivity index (χ4v) is 5.76. The van der Waals surface area contributed by atoms with Gasteiger partial charge in [0.15, 0.2) is 5.15 Å². The Morgan fingerprint density at radius 1 is 0.878 bits per heavy atom. The summed E-state index contributed by atoms with van der Waals surface area (Å²) in [5.74, 6) is -2.12. The number of anilines is 1. The number of nitrogens with one attached hydrogen (secondary N) is 1. The molecule has 0 bridgehead atoms. The molecule has 0 aliphatic heterocycles. The van der Waals surface area contributed by atoms with Crippen molar-refractivity contribution in [3.63, 3.8) is 0 Å². The second-order valence-corrected chi connectivity index (χ2v) is 11.1. The van der Waals surface area contributed by atoms with Crippen LogP contribution in [-0.2, 0) is 16.6 Å². The first-order chi connectivity index (χ1) is 19.8. The van der Waals surface area contributed by atoms with Gasteiger partial charge in [0.05, 0.1) is 17.7 Å². The van der Waals surface area contributed by atoms with Gasteiger partial charge < -0.3 is 0 Å². The molecule has 6 rings (SSSR count). The number of pyridine rings is 2. The lowest BCUT2D eigenvalue weighted by Gasteiger charge is -2.13. The predicted molar refractivity (Wildman–Crippen MR) is 152 cm³/mol. The van der Waals surface area contributed by atoms with Crippen molar-refractivity contribution < 1.29 is 17.2 Å². The lowest BCUT2D eigenvalue weighted by Crippen LogP contribution is -2.15. The monoisotopic (exact) mass is 588 g/mol. The quantitative estimate of drug-likeness (QED) is 0.218. The number of benzene rings is 3. The van der Waals surface area contributed by atoms with Gasteiger partial charge in [-0.1, -0.05) is 41.9 Å². The standard InChI is InChI=1S/C29H19ClF2N6O2S/c30-29-27(37-41(39,40)28-8-6-22(31)13-25(28)32)12-21(14-35-29)20-5-7-26-24(11-20)23(9-10-34-26)19-3-1-18(2-4-19)15-38-17-33-16-36-38/h1-14,16-17,37H,15H2. The number of halogens is 3. The summed E-state index contributed by atoms with van der Waals surface area (Å²) in [4.78, 5) is 11.9. The number of rotatable bonds is 7. The Balaban J connectivity index is 1.34. The van der Waals surface area contributed by atoms with Crippen molar-refractivity contribution in [1.82, 2.24) is 24.7 Å². The highest BCUT2D eigenvalue weighted by Crippen LogP contribution is 2.34. The molecule has 6 aromatic rings. The van der Waals surface area contributed by atoms with E-state index in [1.54, 1.807) is 17.2 Å². The van der Waals surface area contributed by atoms with Gasteiger partial charge in [0.2, 0.25) is 0 Å². The molecule has 1 N–H and O–H groups in total. The van der Waals surface area contributed by atoms with E-state index < -0.39 is 26.6 Å². The van der Waals surface area contributed by atoms with Crippen LogP contribution in [0.4, 0.5) is 14.5 Å². The van der Waals surface area contributed by atoms with Gasteiger partial charge in [0.25, 0.3) is 10.0 Å². The molecule has 3 aromatic heterocycles. The Kier molecular flexibility index (Phi) is 6.90. The molecule has 0 fully saturated rings. The first-order valence-corrected chi connectivity index (χ1v) is 14.1. The number of hydrogen-bond acceptors (Lipinski definition) is 6. The molecule has 41 heavy (non-hydrogen) atoms. The molecule has 8 nitrogen and oxygen atoms in total. The van der Waals surface area contributed by atoms with Crippen LogP contribution in [0.2, 0.25) is 5.15 Å². The minimum absolute atomic E-state index is 0.0534. The Morgan fingerprint density at radius 3 is 2.44 bits per heavy atom. The summed E-state index contributed by atoms with van der Waals surface area (Å²) >= 11 is 6.19. The van der Waals surface area contributed by atoms with Gasteiger partial charge in [0, 0.05) is 29.4 Å². The summed E-state index contributed by atoms with van der Waals surface area (Å²) in [6, 6.07) is 19.4. The smallest absolute Gasteiger partial charge is 0.264 e. The van der Waals surface area contributed by atoms with Crippen LogP contribution >= 0.6 is 11.6 Å². The normalized spacial score (nSPS) is 11.6. The summed E-state index contributed by atoms with van der Waals surface area (Å²) in [5, 5.41) is 4.88. The highest BCUT2D eigenvalue weighted by molar-refractivity contribution is 7.92. The molecule has 0 amide bonds. The fraction of sp³-hybridized carbons (Fsp3) is 0.0345. The number of fused-ring (bicyclic) bond motifs is 1. The van der Waals surface area contributed by atoms with Crippen LogP contribution in [0.1, 0.15) is 5.56 Å². The van der Waals surface area contributed by atoms with Crippen molar-refractivity contribution >= 4 is 38.2 Å². The molecule has 204 valence electrons. The van der Waals surface area contributed by atoms with E-state index in [2.05, 4.69) is 24.8 Å². The van der Waals surface area contributed by atoms with Gasteiger partial charge in [-0.3, -0.25) is 9.71 Å². The van der Waals surface area contributed by atoms with Crippen LogP contribution in [-0.4, -0.2) is 33.2 Å². The van der Waals surface area contributed by atoms with Crippen LogP contribution in [0.3, 0.4) is 0 Å². The summed E-state index contributed by atoms with van der Waals surface area (Å²) in [7, 11) is -4.41. The SMILES string of the molecule is O=S(=O)(Nc1cc(-c2ccc3nccc(-c4ccc(Cn5cncn5)cc4)c3c2)cnc1Cl)c1ccc(F)cc1F. The molecule has 0 atom stereocenters.